The molecule has 2 aromatic rings. The molecule has 2 atom stereocenters. The van der Waals surface area contributed by atoms with Gasteiger partial charge in [-0.2, -0.15) is 0 Å². The fourth-order valence-corrected chi connectivity index (χ4v) is 3.27. The highest BCUT2D eigenvalue weighted by atomic mass is 16.4. The summed E-state index contributed by atoms with van der Waals surface area (Å²) >= 11 is 0. The molecule has 3 rings (SSSR count). The molecule has 1 saturated carbocycles. The third-order valence-electron chi connectivity index (χ3n) is 4.50. The molecule has 1 aromatic heterocycles. The molecule has 0 saturated heterocycles. The smallest absolute Gasteiger partial charge is 0.337 e. The van der Waals surface area contributed by atoms with Crippen molar-refractivity contribution in [3.05, 3.63) is 34.2 Å². The lowest BCUT2D eigenvalue weighted by Gasteiger charge is -2.15. The van der Waals surface area contributed by atoms with Crippen molar-refractivity contribution in [2.45, 2.75) is 32.7 Å². The predicted octanol–water partition coefficient (Wildman–Crippen LogP) is 2.46. The Bertz CT molecular complexity index is 713. The van der Waals surface area contributed by atoms with Crippen molar-refractivity contribution in [1.82, 2.24) is 9.55 Å². The van der Waals surface area contributed by atoms with Gasteiger partial charge in [-0.25, -0.2) is 9.59 Å². The number of benzene rings is 1. The molecule has 20 heavy (non-hydrogen) atoms. The highest BCUT2D eigenvalue weighted by molar-refractivity contribution is 6.00. The highest BCUT2D eigenvalue weighted by Crippen LogP contribution is 2.32. The zero-order valence-electron chi connectivity index (χ0n) is 11.4. The Hall–Kier alpha value is -2.04. The van der Waals surface area contributed by atoms with Gasteiger partial charge < -0.3 is 10.1 Å². The molecule has 0 radical (unpaired) electrons. The normalized spacial score (nSPS) is 22.4. The zero-order chi connectivity index (χ0) is 14.3. The van der Waals surface area contributed by atoms with E-state index in [4.69, 9.17) is 0 Å². The summed E-state index contributed by atoms with van der Waals surface area (Å²) in [6.45, 7) is 2.89. The number of para-hydroxylation sites is 1. The van der Waals surface area contributed by atoms with Crippen LogP contribution in [0.2, 0.25) is 0 Å². The van der Waals surface area contributed by atoms with Crippen LogP contribution in [0.5, 0.6) is 0 Å². The van der Waals surface area contributed by atoms with Crippen LogP contribution in [0, 0.1) is 11.8 Å². The maximum atomic E-state index is 12.1. The van der Waals surface area contributed by atoms with Gasteiger partial charge in [-0.3, -0.25) is 4.57 Å². The molecule has 0 amide bonds. The minimum absolute atomic E-state index is 0.151. The van der Waals surface area contributed by atoms with Crippen LogP contribution in [-0.4, -0.2) is 20.6 Å². The Morgan fingerprint density at radius 1 is 1.45 bits per heavy atom. The number of aromatic amines is 1. The molecular formula is C15H18N2O3. The van der Waals surface area contributed by atoms with Gasteiger partial charge in [0.25, 0.3) is 0 Å². The van der Waals surface area contributed by atoms with Gasteiger partial charge in [-0.05, 0) is 30.4 Å². The zero-order valence-corrected chi connectivity index (χ0v) is 11.4. The van der Waals surface area contributed by atoms with Gasteiger partial charge in [-0.1, -0.05) is 25.8 Å². The van der Waals surface area contributed by atoms with Crippen LogP contribution in [0.1, 0.15) is 36.5 Å². The summed E-state index contributed by atoms with van der Waals surface area (Å²) in [5.41, 5.74) is 1.05. The van der Waals surface area contributed by atoms with Gasteiger partial charge in [0.2, 0.25) is 0 Å². The predicted molar refractivity (Wildman–Crippen MR) is 76.0 cm³/mol. The second-order valence-corrected chi connectivity index (χ2v) is 5.71. The van der Waals surface area contributed by atoms with Crippen LogP contribution in [0.25, 0.3) is 11.0 Å². The van der Waals surface area contributed by atoms with Crippen molar-refractivity contribution in [3.63, 3.8) is 0 Å². The lowest BCUT2D eigenvalue weighted by atomic mass is 9.98. The minimum Gasteiger partial charge on any atom is -0.478 e. The Balaban J connectivity index is 2.07. The first-order valence-corrected chi connectivity index (χ1v) is 7.02. The van der Waals surface area contributed by atoms with E-state index in [2.05, 4.69) is 11.9 Å². The van der Waals surface area contributed by atoms with Gasteiger partial charge in [0.05, 0.1) is 16.6 Å². The number of aromatic nitrogens is 2. The third kappa shape index (κ3) is 2.03. The first-order valence-electron chi connectivity index (χ1n) is 7.02. The summed E-state index contributed by atoms with van der Waals surface area (Å²) < 4.78 is 1.69. The van der Waals surface area contributed by atoms with Crippen LogP contribution >= 0.6 is 0 Å². The van der Waals surface area contributed by atoms with Crippen LogP contribution in [0.4, 0.5) is 0 Å². The molecule has 2 unspecified atom stereocenters. The Morgan fingerprint density at radius 3 is 2.90 bits per heavy atom. The number of nitrogens with zero attached hydrogens (tertiary/aromatic N) is 1. The molecule has 1 aliphatic rings. The summed E-state index contributed by atoms with van der Waals surface area (Å²) in [5, 5.41) is 9.18. The van der Waals surface area contributed by atoms with E-state index in [1.165, 1.54) is 18.9 Å². The SMILES string of the molecule is CC1CCCC1Cn1c(=O)[nH]c2c(C(=O)O)cccc21. The number of aromatic carboxylic acids is 1. The Labute approximate surface area is 116 Å². The maximum absolute atomic E-state index is 12.1. The molecule has 1 fully saturated rings. The quantitative estimate of drug-likeness (QED) is 0.902. The van der Waals surface area contributed by atoms with Gasteiger partial charge in [0, 0.05) is 6.54 Å². The fourth-order valence-electron chi connectivity index (χ4n) is 3.27. The van der Waals surface area contributed by atoms with E-state index in [9.17, 15) is 14.7 Å². The number of H-pyrrole nitrogens is 1. The van der Waals surface area contributed by atoms with Crippen LogP contribution in [-0.2, 0) is 6.54 Å². The van der Waals surface area contributed by atoms with E-state index in [0.29, 0.717) is 29.4 Å². The number of fused-ring (bicyclic) bond motifs is 1. The lowest BCUT2D eigenvalue weighted by molar-refractivity contribution is 0.0699. The van der Waals surface area contributed by atoms with Crippen molar-refractivity contribution >= 4 is 17.0 Å². The molecular weight excluding hydrogens is 256 g/mol. The second-order valence-electron chi connectivity index (χ2n) is 5.71. The van der Waals surface area contributed by atoms with Crippen molar-refractivity contribution in [1.29, 1.82) is 0 Å². The van der Waals surface area contributed by atoms with E-state index >= 15 is 0 Å². The van der Waals surface area contributed by atoms with Gasteiger partial charge in [0.1, 0.15) is 0 Å². The maximum Gasteiger partial charge on any atom is 0.337 e. The number of nitrogens with one attached hydrogen (secondary N) is 1. The van der Waals surface area contributed by atoms with Gasteiger partial charge in [0.15, 0.2) is 0 Å². The van der Waals surface area contributed by atoms with Crippen LogP contribution < -0.4 is 5.69 Å². The fraction of sp³-hybridized carbons (Fsp3) is 0.467. The van der Waals surface area contributed by atoms with Crippen molar-refractivity contribution in [2.75, 3.05) is 0 Å². The summed E-state index contributed by atoms with van der Waals surface area (Å²) in [6, 6.07) is 5.01. The molecule has 0 bridgehead atoms. The van der Waals surface area contributed by atoms with Crippen molar-refractivity contribution in [2.24, 2.45) is 11.8 Å². The van der Waals surface area contributed by atoms with E-state index < -0.39 is 5.97 Å². The van der Waals surface area contributed by atoms with E-state index in [1.807, 2.05) is 0 Å². The number of carboxylic acids is 1. The molecule has 0 spiro atoms. The average Bonchev–Trinajstić information content (AvgIpc) is 2.94. The summed E-state index contributed by atoms with van der Waals surface area (Å²) in [6.07, 6.45) is 3.56. The first kappa shape index (κ1) is 13.0. The van der Waals surface area contributed by atoms with Gasteiger partial charge in [-0.15, -0.1) is 0 Å². The third-order valence-corrected chi connectivity index (χ3v) is 4.50. The summed E-state index contributed by atoms with van der Waals surface area (Å²) in [5.74, 6) is 0.105. The lowest BCUT2D eigenvalue weighted by Crippen LogP contribution is -2.22. The number of hydrogen-bond acceptors (Lipinski definition) is 2. The minimum atomic E-state index is -1.02. The molecule has 1 heterocycles. The van der Waals surface area contributed by atoms with E-state index in [-0.39, 0.29) is 11.3 Å². The number of carboxylic acid groups (broad SMARTS) is 1. The first-order chi connectivity index (χ1) is 9.58. The number of imidazole rings is 1. The largest absolute Gasteiger partial charge is 0.478 e. The molecule has 106 valence electrons. The van der Waals surface area contributed by atoms with Gasteiger partial charge >= 0.3 is 11.7 Å². The molecule has 5 heteroatoms. The highest BCUT2D eigenvalue weighted by Gasteiger charge is 2.25. The Kier molecular flexibility index (Phi) is 3.12. The van der Waals surface area contributed by atoms with Crippen LogP contribution in [0.3, 0.4) is 0 Å². The number of carbonyl (C=O) groups is 1. The van der Waals surface area contributed by atoms with Crippen molar-refractivity contribution in [3.8, 4) is 0 Å². The Morgan fingerprint density at radius 2 is 2.25 bits per heavy atom. The summed E-state index contributed by atoms with van der Waals surface area (Å²) in [7, 11) is 0. The second kappa shape index (κ2) is 4.81. The molecule has 1 aromatic carbocycles. The average molecular weight is 274 g/mol. The molecule has 2 N–H and O–H groups in total. The van der Waals surface area contributed by atoms with Crippen molar-refractivity contribution < 1.29 is 9.90 Å². The number of hydrogen-bond donors (Lipinski definition) is 2. The standard InChI is InChI=1S/C15H18N2O3/c1-9-4-2-5-10(9)8-17-12-7-3-6-11(14(18)19)13(12)16-15(17)20/h3,6-7,9-10H,2,4-5,8H2,1H3,(H,16,20)(H,18,19). The van der Waals surface area contributed by atoms with E-state index in [0.717, 1.165) is 6.42 Å². The molecule has 1 aliphatic carbocycles. The summed E-state index contributed by atoms with van der Waals surface area (Å²) in [4.78, 5) is 26.0. The monoisotopic (exact) mass is 274 g/mol. The molecule has 5 nitrogen and oxygen atoms in total. The topological polar surface area (TPSA) is 75.1 Å². The van der Waals surface area contributed by atoms with E-state index in [1.54, 1.807) is 16.7 Å². The molecule has 0 aliphatic heterocycles. The number of rotatable bonds is 3. The van der Waals surface area contributed by atoms with Crippen LogP contribution in [0.15, 0.2) is 23.0 Å².